The van der Waals surface area contributed by atoms with E-state index in [9.17, 15) is 0 Å². The van der Waals surface area contributed by atoms with Gasteiger partial charge < -0.3 is 9.30 Å². The Morgan fingerprint density at radius 2 is 2.20 bits per heavy atom. The highest BCUT2D eigenvalue weighted by molar-refractivity contribution is 4.91. The molecule has 1 saturated heterocycles. The molecule has 0 aromatic carbocycles. The molecule has 3 heteroatoms. The molecule has 1 unspecified atom stereocenters. The Morgan fingerprint density at radius 1 is 1.40 bits per heavy atom. The lowest BCUT2D eigenvalue weighted by atomic mass is 10.7. The minimum atomic E-state index is 0.0648. The lowest BCUT2D eigenvalue weighted by Gasteiger charge is -2.10. The van der Waals surface area contributed by atoms with Crippen molar-refractivity contribution in [2.45, 2.75) is 6.35 Å². The minimum Gasteiger partial charge on any atom is -0.343 e. The molecular weight excluding hydrogens is 128 g/mol. The maximum atomic E-state index is 5.35. The van der Waals surface area contributed by atoms with Gasteiger partial charge in [-0.05, 0) is 12.1 Å². The predicted octanol–water partition coefficient (Wildman–Crippen LogP) is 0.564. The fourth-order valence-corrected chi connectivity index (χ4v) is 1.11. The van der Waals surface area contributed by atoms with E-state index in [1.807, 2.05) is 29.1 Å². The third-order valence-corrected chi connectivity index (χ3v) is 1.60. The van der Waals surface area contributed by atoms with Crippen LogP contribution in [-0.2, 0) is 4.74 Å². The van der Waals surface area contributed by atoms with E-state index in [1.54, 1.807) is 0 Å². The van der Waals surface area contributed by atoms with Crippen molar-refractivity contribution in [3.05, 3.63) is 24.5 Å². The number of nitrogens with zero attached hydrogens (tertiary/aromatic N) is 1. The third kappa shape index (κ3) is 0.936. The van der Waals surface area contributed by atoms with Gasteiger partial charge >= 0.3 is 0 Å². The molecule has 1 aromatic rings. The molecule has 1 fully saturated rings. The second-order valence-corrected chi connectivity index (χ2v) is 2.31. The average molecular weight is 138 g/mol. The first-order chi connectivity index (χ1) is 4.97. The zero-order chi connectivity index (χ0) is 6.81. The summed E-state index contributed by atoms with van der Waals surface area (Å²) in [6, 6.07) is 3.98. The first kappa shape index (κ1) is 5.95. The average Bonchev–Trinajstić information content (AvgIpc) is 2.59. The summed E-state index contributed by atoms with van der Waals surface area (Å²) in [5.41, 5.74) is 0. The molecule has 2 rings (SSSR count). The van der Waals surface area contributed by atoms with Gasteiger partial charge in [0, 0.05) is 18.9 Å². The smallest absolute Gasteiger partial charge is 0.190 e. The molecule has 10 heavy (non-hydrogen) atoms. The van der Waals surface area contributed by atoms with Crippen LogP contribution in [0.4, 0.5) is 0 Å². The van der Waals surface area contributed by atoms with Gasteiger partial charge in [-0.3, -0.25) is 5.32 Å². The fourth-order valence-electron chi connectivity index (χ4n) is 1.11. The zero-order valence-electron chi connectivity index (χ0n) is 5.66. The Bertz CT molecular complexity index is 189. The molecule has 0 aliphatic carbocycles. The molecule has 0 spiro atoms. The third-order valence-electron chi connectivity index (χ3n) is 1.60. The van der Waals surface area contributed by atoms with Crippen LogP contribution >= 0.6 is 0 Å². The Balaban J connectivity index is 2.12. The van der Waals surface area contributed by atoms with Gasteiger partial charge in [0.05, 0.1) is 6.61 Å². The lowest BCUT2D eigenvalue weighted by molar-refractivity contribution is 0.0447. The van der Waals surface area contributed by atoms with Crippen LogP contribution in [0.15, 0.2) is 24.5 Å². The molecule has 2 heterocycles. The first-order valence-corrected chi connectivity index (χ1v) is 3.44. The maximum absolute atomic E-state index is 5.35. The van der Waals surface area contributed by atoms with Crippen molar-refractivity contribution < 1.29 is 4.74 Å². The normalized spacial score (nSPS) is 25.4. The van der Waals surface area contributed by atoms with Gasteiger partial charge in [-0.25, -0.2) is 0 Å². The van der Waals surface area contributed by atoms with E-state index in [0.29, 0.717) is 0 Å². The molecule has 0 bridgehead atoms. The second-order valence-electron chi connectivity index (χ2n) is 2.31. The van der Waals surface area contributed by atoms with E-state index in [4.69, 9.17) is 4.74 Å². The van der Waals surface area contributed by atoms with Gasteiger partial charge in [0.2, 0.25) is 0 Å². The molecule has 0 amide bonds. The van der Waals surface area contributed by atoms with E-state index in [2.05, 4.69) is 5.32 Å². The summed E-state index contributed by atoms with van der Waals surface area (Å²) in [6.45, 7) is 1.76. The van der Waals surface area contributed by atoms with Gasteiger partial charge in [-0.2, -0.15) is 0 Å². The van der Waals surface area contributed by atoms with Crippen LogP contribution < -0.4 is 5.32 Å². The second kappa shape index (κ2) is 2.44. The van der Waals surface area contributed by atoms with Crippen molar-refractivity contribution in [3.63, 3.8) is 0 Å². The van der Waals surface area contributed by atoms with Crippen molar-refractivity contribution >= 4 is 0 Å². The van der Waals surface area contributed by atoms with Crippen LogP contribution in [0.5, 0.6) is 0 Å². The number of hydrogen-bond donors (Lipinski definition) is 1. The summed E-state index contributed by atoms with van der Waals surface area (Å²) < 4.78 is 7.36. The van der Waals surface area contributed by atoms with Gasteiger partial charge in [0.25, 0.3) is 0 Å². The SMILES string of the molecule is c1ccn(C2NCCO2)c1. The fraction of sp³-hybridized carbons (Fsp3) is 0.429. The summed E-state index contributed by atoms with van der Waals surface area (Å²) in [6.07, 6.45) is 4.04. The van der Waals surface area contributed by atoms with Gasteiger partial charge in [0.1, 0.15) is 0 Å². The van der Waals surface area contributed by atoms with E-state index >= 15 is 0 Å². The highest BCUT2D eigenvalue weighted by Crippen LogP contribution is 2.08. The van der Waals surface area contributed by atoms with Crippen molar-refractivity contribution in [2.75, 3.05) is 13.2 Å². The van der Waals surface area contributed by atoms with Crippen molar-refractivity contribution in [1.29, 1.82) is 0 Å². The van der Waals surface area contributed by atoms with Crippen LogP contribution in [0.1, 0.15) is 6.35 Å². The maximum Gasteiger partial charge on any atom is 0.190 e. The zero-order valence-corrected chi connectivity index (χ0v) is 5.66. The molecular formula is C7H10N2O. The Kier molecular flexibility index (Phi) is 1.45. The quantitative estimate of drug-likeness (QED) is 0.613. The molecule has 1 aromatic heterocycles. The van der Waals surface area contributed by atoms with Crippen LogP contribution in [0.2, 0.25) is 0 Å². The Labute approximate surface area is 59.6 Å². The van der Waals surface area contributed by atoms with Crippen molar-refractivity contribution in [2.24, 2.45) is 0 Å². The van der Waals surface area contributed by atoms with Crippen molar-refractivity contribution in [3.8, 4) is 0 Å². The molecule has 1 N–H and O–H groups in total. The van der Waals surface area contributed by atoms with E-state index in [1.165, 1.54) is 0 Å². The monoisotopic (exact) mass is 138 g/mol. The molecule has 0 radical (unpaired) electrons. The van der Waals surface area contributed by atoms with Crippen LogP contribution in [0.3, 0.4) is 0 Å². The number of ether oxygens (including phenoxy) is 1. The van der Waals surface area contributed by atoms with Gasteiger partial charge in [0.15, 0.2) is 6.35 Å². The molecule has 1 aliphatic heterocycles. The summed E-state index contributed by atoms with van der Waals surface area (Å²) in [7, 11) is 0. The van der Waals surface area contributed by atoms with E-state index in [0.717, 1.165) is 13.2 Å². The lowest BCUT2D eigenvalue weighted by Crippen LogP contribution is -2.19. The number of rotatable bonds is 1. The van der Waals surface area contributed by atoms with Crippen LogP contribution in [0, 0.1) is 0 Å². The topological polar surface area (TPSA) is 26.2 Å². The molecule has 54 valence electrons. The molecule has 1 atom stereocenters. The predicted molar refractivity (Wildman–Crippen MR) is 37.4 cm³/mol. The first-order valence-electron chi connectivity index (χ1n) is 3.44. The molecule has 0 saturated carbocycles. The molecule has 1 aliphatic rings. The van der Waals surface area contributed by atoms with E-state index < -0.39 is 0 Å². The van der Waals surface area contributed by atoms with Crippen molar-refractivity contribution in [1.82, 2.24) is 9.88 Å². The Hall–Kier alpha value is -0.800. The van der Waals surface area contributed by atoms with Gasteiger partial charge in [-0.15, -0.1) is 0 Å². The number of hydrogen-bond acceptors (Lipinski definition) is 2. The number of aromatic nitrogens is 1. The number of nitrogens with one attached hydrogen (secondary N) is 1. The van der Waals surface area contributed by atoms with E-state index in [-0.39, 0.29) is 6.35 Å². The minimum absolute atomic E-state index is 0.0648. The molecule has 3 nitrogen and oxygen atoms in total. The van der Waals surface area contributed by atoms with Crippen LogP contribution in [0.25, 0.3) is 0 Å². The summed E-state index contributed by atoms with van der Waals surface area (Å²) in [4.78, 5) is 0. The Morgan fingerprint density at radius 3 is 2.80 bits per heavy atom. The largest absolute Gasteiger partial charge is 0.343 e. The van der Waals surface area contributed by atoms with Gasteiger partial charge in [-0.1, -0.05) is 0 Å². The van der Waals surface area contributed by atoms with Crippen LogP contribution in [-0.4, -0.2) is 17.7 Å². The summed E-state index contributed by atoms with van der Waals surface area (Å²) in [5, 5.41) is 3.20. The highest BCUT2D eigenvalue weighted by Gasteiger charge is 2.13. The highest BCUT2D eigenvalue weighted by atomic mass is 16.5. The summed E-state index contributed by atoms with van der Waals surface area (Å²) in [5.74, 6) is 0. The standard InChI is InChI=1S/C7H10N2O/c1-2-5-9(4-1)7-8-3-6-10-7/h1-2,4-5,7-8H,3,6H2. The summed E-state index contributed by atoms with van der Waals surface area (Å²) >= 11 is 0.